The Labute approximate surface area is 349 Å². The van der Waals surface area contributed by atoms with Gasteiger partial charge in [0.2, 0.25) is 0 Å². The highest BCUT2D eigenvalue weighted by Gasteiger charge is 2.16. The summed E-state index contributed by atoms with van der Waals surface area (Å²) in [6, 6.07) is 85.0. The molecule has 0 saturated carbocycles. The van der Waals surface area contributed by atoms with E-state index < -0.39 is 0 Å². The third-order valence-electron chi connectivity index (χ3n) is 11.7. The number of para-hydroxylation sites is 1. The molecule has 0 unspecified atom stereocenters. The number of rotatable bonds is 8. The van der Waals surface area contributed by atoms with Crippen molar-refractivity contribution in [3.05, 3.63) is 237 Å². The molecule has 0 bridgehead atoms. The highest BCUT2D eigenvalue weighted by atomic mass is 16.3. The van der Waals surface area contributed by atoms with Gasteiger partial charge in [0.15, 0.2) is 0 Å². The Morgan fingerprint density at radius 1 is 0.250 bits per heavy atom. The maximum atomic E-state index is 6.13. The van der Waals surface area contributed by atoms with Crippen molar-refractivity contribution in [2.75, 3.05) is 4.90 Å². The maximum Gasteiger partial charge on any atom is 0.135 e. The van der Waals surface area contributed by atoms with E-state index in [-0.39, 0.29) is 0 Å². The van der Waals surface area contributed by atoms with E-state index in [9.17, 15) is 0 Å². The first-order valence-corrected chi connectivity index (χ1v) is 20.5. The Morgan fingerprint density at radius 2 is 0.717 bits per heavy atom. The molecule has 10 aromatic carbocycles. The molecule has 2 nitrogen and oxygen atoms in total. The molecule has 0 N–H and O–H groups in total. The lowest BCUT2D eigenvalue weighted by Crippen LogP contribution is -2.10. The number of nitrogens with zero attached hydrogens (tertiary/aromatic N) is 1. The quantitative estimate of drug-likeness (QED) is 0.153. The molecule has 11 aromatic rings. The summed E-state index contributed by atoms with van der Waals surface area (Å²) in [6.07, 6.45) is 0. The number of benzene rings is 10. The lowest BCUT2D eigenvalue weighted by molar-refractivity contribution is 0.669. The van der Waals surface area contributed by atoms with E-state index in [0.717, 1.165) is 55.7 Å². The third-order valence-corrected chi connectivity index (χ3v) is 11.7. The summed E-state index contributed by atoms with van der Waals surface area (Å²) in [7, 11) is 0. The Morgan fingerprint density at radius 3 is 1.43 bits per heavy atom. The molecule has 0 spiro atoms. The van der Waals surface area contributed by atoms with Crippen LogP contribution in [0.4, 0.5) is 17.1 Å². The molecule has 11 rings (SSSR count). The van der Waals surface area contributed by atoms with Gasteiger partial charge in [-0.05, 0) is 127 Å². The van der Waals surface area contributed by atoms with Crippen molar-refractivity contribution in [3.8, 4) is 55.6 Å². The number of fused-ring (bicyclic) bond motifs is 4. The van der Waals surface area contributed by atoms with Crippen LogP contribution in [0.25, 0.3) is 88.3 Å². The van der Waals surface area contributed by atoms with Crippen LogP contribution in [0.1, 0.15) is 0 Å². The van der Waals surface area contributed by atoms with E-state index in [2.05, 4.69) is 229 Å². The van der Waals surface area contributed by atoms with Crippen molar-refractivity contribution >= 4 is 49.8 Å². The van der Waals surface area contributed by atoms with E-state index in [1.807, 2.05) is 12.1 Å². The molecule has 0 amide bonds. The third kappa shape index (κ3) is 6.61. The second-order valence-corrected chi connectivity index (χ2v) is 15.3. The molecular formula is C58H39NO. The van der Waals surface area contributed by atoms with Crippen molar-refractivity contribution in [1.29, 1.82) is 0 Å². The van der Waals surface area contributed by atoms with E-state index >= 15 is 0 Å². The van der Waals surface area contributed by atoms with Gasteiger partial charge in [0.1, 0.15) is 11.2 Å². The Bertz CT molecular complexity index is 3280. The first kappa shape index (κ1) is 35.2. The van der Waals surface area contributed by atoms with Crippen molar-refractivity contribution in [2.45, 2.75) is 0 Å². The van der Waals surface area contributed by atoms with Crippen LogP contribution < -0.4 is 4.90 Å². The van der Waals surface area contributed by atoms with Crippen LogP contribution >= 0.6 is 0 Å². The summed E-state index contributed by atoms with van der Waals surface area (Å²) in [4.78, 5) is 2.36. The Hall–Kier alpha value is -7.94. The summed E-state index contributed by atoms with van der Waals surface area (Å²) in [5.74, 6) is 0. The molecule has 0 saturated heterocycles. The van der Waals surface area contributed by atoms with Crippen LogP contribution in [0.2, 0.25) is 0 Å². The van der Waals surface area contributed by atoms with Crippen LogP contribution in [0.3, 0.4) is 0 Å². The molecule has 2 heteroatoms. The fourth-order valence-electron chi connectivity index (χ4n) is 8.61. The number of hydrogen-bond donors (Lipinski definition) is 0. The molecule has 282 valence electrons. The standard InChI is InChI=1S/C58H39NO/c1-2-11-40(12-3-1)41-23-25-42(26-24-41)43-27-32-50(33-28-43)59(51-34-29-45(30-35-51)54-21-10-14-44-13-4-5-19-53(44)54)52-18-9-17-48(38-52)46-15-8-16-47(37-46)49-31-36-58-56(39-49)55-20-6-7-22-57(55)60-58/h1-39H. The summed E-state index contributed by atoms with van der Waals surface area (Å²) in [6.45, 7) is 0. The average Bonchev–Trinajstić information content (AvgIpc) is 3.71. The van der Waals surface area contributed by atoms with Crippen LogP contribution in [0, 0.1) is 0 Å². The molecule has 1 heterocycles. The van der Waals surface area contributed by atoms with Gasteiger partial charge in [0.05, 0.1) is 0 Å². The van der Waals surface area contributed by atoms with Crippen LogP contribution in [0.15, 0.2) is 241 Å². The Balaban J connectivity index is 0.963. The summed E-state index contributed by atoms with van der Waals surface area (Å²) in [5, 5.41) is 4.77. The van der Waals surface area contributed by atoms with Crippen molar-refractivity contribution in [3.63, 3.8) is 0 Å². The lowest BCUT2D eigenvalue weighted by atomic mass is 9.97. The molecule has 60 heavy (non-hydrogen) atoms. The predicted octanol–water partition coefficient (Wildman–Crippen LogP) is 16.5. The summed E-state index contributed by atoms with van der Waals surface area (Å²) < 4.78 is 6.13. The van der Waals surface area contributed by atoms with Gasteiger partial charge < -0.3 is 9.32 Å². The minimum atomic E-state index is 0.906. The van der Waals surface area contributed by atoms with Gasteiger partial charge >= 0.3 is 0 Å². The normalized spacial score (nSPS) is 11.3. The van der Waals surface area contributed by atoms with Crippen molar-refractivity contribution in [1.82, 2.24) is 0 Å². The molecule has 0 aliphatic rings. The molecule has 0 fully saturated rings. The van der Waals surface area contributed by atoms with Crippen LogP contribution in [-0.4, -0.2) is 0 Å². The van der Waals surface area contributed by atoms with Crippen molar-refractivity contribution in [2.24, 2.45) is 0 Å². The first-order valence-electron chi connectivity index (χ1n) is 20.5. The van der Waals surface area contributed by atoms with E-state index in [1.165, 1.54) is 49.7 Å². The van der Waals surface area contributed by atoms with E-state index in [4.69, 9.17) is 4.42 Å². The average molecular weight is 766 g/mol. The Kier molecular flexibility index (Phi) is 8.87. The van der Waals surface area contributed by atoms with Gasteiger partial charge in [-0.15, -0.1) is 0 Å². The van der Waals surface area contributed by atoms with Crippen LogP contribution in [0.5, 0.6) is 0 Å². The monoisotopic (exact) mass is 765 g/mol. The molecule has 0 aliphatic carbocycles. The first-order chi connectivity index (χ1) is 29.7. The summed E-state index contributed by atoms with van der Waals surface area (Å²) >= 11 is 0. The summed E-state index contributed by atoms with van der Waals surface area (Å²) in [5.41, 5.74) is 16.9. The molecule has 0 aliphatic heterocycles. The van der Waals surface area contributed by atoms with Gasteiger partial charge in [-0.25, -0.2) is 0 Å². The second-order valence-electron chi connectivity index (χ2n) is 15.3. The maximum absolute atomic E-state index is 6.13. The molecule has 0 radical (unpaired) electrons. The molecular weight excluding hydrogens is 727 g/mol. The SMILES string of the molecule is c1ccc(-c2ccc(-c3ccc(N(c4ccc(-c5cccc6ccccc56)cc4)c4cccc(-c5cccc(-c6ccc7oc8ccccc8c7c6)c5)c4)cc3)cc2)cc1. The van der Waals surface area contributed by atoms with Gasteiger partial charge in [-0.3, -0.25) is 0 Å². The number of furan rings is 1. The predicted molar refractivity (Wildman–Crippen MR) is 253 cm³/mol. The highest BCUT2D eigenvalue weighted by Crippen LogP contribution is 2.40. The zero-order chi connectivity index (χ0) is 39.8. The zero-order valence-corrected chi connectivity index (χ0v) is 32.9. The van der Waals surface area contributed by atoms with E-state index in [1.54, 1.807) is 0 Å². The van der Waals surface area contributed by atoms with Gasteiger partial charge in [-0.1, -0.05) is 176 Å². The largest absolute Gasteiger partial charge is 0.456 e. The topological polar surface area (TPSA) is 16.4 Å². The smallest absolute Gasteiger partial charge is 0.135 e. The van der Waals surface area contributed by atoms with Crippen LogP contribution in [-0.2, 0) is 0 Å². The van der Waals surface area contributed by atoms with Gasteiger partial charge in [0.25, 0.3) is 0 Å². The minimum absolute atomic E-state index is 0.906. The fourth-order valence-corrected chi connectivity index (χ4v) is 8.61. The highest BCUT2D eigenvalue weighted by molar-refractivity contribution is 6.06. The lowest BCUT2D eigenvalue weighted by Gasteiger charge is -2.26. The van der Waals surface area contributed by atoms with Gasteiger partial charge in [-0.2, -0.15) is 0 Å². The second kappa shape index (κ2) is 15.1. The van der Waals surface area contributed by atoms with E-state index in [0.29, 0.717) is 0 Å². The molecule has 0 atom stereocenters. The van der Waals surface area contributed by atoms with Gasteiger partial charge in [0, 0.05) is 27.8 Å². The number of anilines is 3. The fraction of sp³-hybridized carbons (Fsp3) is 0. The number of hydrogen-bond acceptors (Lipinski definition) is 2. The van der Waals surface area contributed by atoms with Crippen molar-refractivity contribution < 1.29 is 4.42 Å². The minimum Gasteiger partial charge on any atom is -0.456 e. The molecule has 1 aromatic heterocycles. The zero-order valence-electron chi connectivity index (χ0n) is 32.9.